The van der Waals surface area contributed by atoms with Crippen LogP contribution in [0.2, 0.25) is 0 Å². The molecule has 0 atom stereocenters. The van der Waals surface area contributed by atoms with Gasteiger partial charge in [-0.1, -0.05) is 0 Å². The van der Waals surface area contributed by atoms with Crippen LogP contribution in [0.5, 0.6) is 0 Å². The fourth-order valence-corrected chi connectivity index (χ4v) is 1.01. The number of carbonyl (C=O) groups is 2. The van der Waals surface area contributed by atoms with Gasteiger partial charge in [-0.2, -0.15) is 0 Å². The average Bonchev–Trinajstić information content (AvgIpc) is 2.52. The van der Waals surface area contributed by atoms with Crippen LogP contribution in [0, 0.1) is 0 Å². The van der Waals surface area contributed by atoms with Gasteiger partial charge in [-0.25, -0.2) is 4.98 Å². The SMILES string of the molecule is CC(C)(C=O)n1ccnc1C(N)=O. The number of aromatic nitrogens is 2. The number of aldehydes is 1. The third-order valence-corrected chi connectivity index (χ3v) is 1.77. The molecule has 0 radical (unpaired) electrons. The molecule has 70 valence electrons. The van der Waals surface area contributed by atoms with E-state index >= 15 is 0 Å². The van der Waals surface area contributed by atoms with E-state index < -0.39 is 11.4 Å². The van der Waals surface area contributed by atoms with Crippen LogP contribution in [0.1, 0.15) is 24.5 Å². The van der Waals surface area contributed by atoms with Gasteiger partial charge < -0.3 is 15.1 Å². The van der Waals surface area contributed by atoms with Gasteiger partial charge in [0.25, 0.3) is 5.91 Å². The van der Waals surface area contributed by atoms with Crippen LogP contribution >= 0.6 is 0 Å². The van der Waals surface area contributed by atoms with Crippen molar-refractivity contribution in [3.8, 4) is 0 Å². The van der Waals surface area contributed by atoms with E-state index in [1.807, 2.05) is 0 Å². The second-order valence-corrected chi connectivity index (χ2v) is 3.26. The molecule has 1 aromatic heterocycles. The van der Waals surface area contributed by atoms with E-state index in [1.165, 1.54) is 10.8 Å². The highest BCUT2D eigenvalue weighted by Gasteiger charge is 2.23. The topological polar surface area (TPSA) is 78.0 Å². The summed E-state index contributed by atoms with van der Waals surface area (Å²) >= 11 is 0. The Labute approximate surface area is 75.6 Å². The summed E-state index contributed by atoms with van der Waals surface area (Å²) in [5, 5.41) is 0. The highest BCUT2D eigenvalue weighted by molar-refractivity contribution is 5.89. The molecule has 2 N–H and O–H groups in total. The Hall–Kier alpha value is -1.65. The molecule has 1 rings (SSSR count). The summed E-state index contributed by atoms with van der Waals surface area (Å²) in [4.78, 5) is 25.3. The van der Waals surface area contributed by atoms with E-state index in [0.717, 1.165) is 6.29 Å². The van der Waals surface area contributed by atoms with Crippen molar-refractivity contribution < 1.29 is 9.59 Å². The van der Waals surface area contributed by atoms with Crippen molar-refractivity contribution in [1.82, 2.24) is 9.55 Å². The highest BCUT2D eigenvalue weighted by Crippen LogP contribution is 2.13. The summed E-state index contributed by atoms with van der Waals surface area (Å²) in [6.45, 7) is 3.35. The zero-order chi connectivity index (χ0) is 10.1. The number of primary amides is 1. The molecule has 0 saturated heterocycles. The minimum Gasteiger partial charge on any atom is -0.363 e. The lowest BCUT2D eigenvalue weighted by Crippen LogP contribution is -2.32. The molecule has 0 aliphatic heterocycles. The van der Waals surface area contributed by atoms with Crippen molar-refractivity contribution in [3.63, 3.8) is 0 Å². The van der Waals surface area contributed by atoms with Gasteiger partial charge in [-0.15, -0.1) is 0 Å². The van der Waals surface area contributed by atoms with Gasteiger partial charge in [0.05, 0.1) is 5.54 Å². The quantitative estimate of drug-likeness (QED) is 0.662. The predicted molar refractivity (Wildman–Crippen MR) is 46.1 cm³/mol. The lowest BCUT2D eigenvalue weighted by molar-refractivity contribution is -0.113. The largest absolute Gasteiger partial charge is 0.363 e. The Morgan fingerprint density at radius 1 is 1.69 bits per heavy atom. The number of amides is 1. The summed E-state index contributed by atoms with van der Waals surface area (Å²) < 4.78 is 1.45. The Kier molecular flexibility index (Phi) is 2.18. The van der Waals surface area contributed by atoms with Crippen LogP contribution in [-0.4, -0.2) is 21.7 Å². The van der Waals surface area contributed by atoms with Crippen LogP contribution in [-0.2, 0) is 10.3 Å². The van der Waals surface area contributed by atoms with Crippen LogP contribution < -0.4 is 5.73 Å². The third-order valence-electron chi connectivity index (χ3n) is 1.77. The van der Waals surface area contributed by atoms with Gasteiger partial charge in [-0.3, -0.25) is 4.79 Å². The van der Waals surface area contributed by atoms with Crippen molar-refractivity contribution in [3.05, 3.63) is 18.2 Å². The molecule has 0 bridgehead atoms. The van der Waals surface area contributed by atoms with Crippen molar-refractivity contribution in [2.75, 3.05) is 0 Å². The molecule has 0 aliphatic carbocycles. The number of rotatable bonds is 3. The molecule has 0 aliphatic rings. The average molecular weight is 181 g/mol. The first kappa shape index (κ1) is 9.44. The molecule has 13 heavy (non-hydrogen) atoms. The van der Waals surface area contributed by atoms with Crippen molar-refractivity contribution in [2.45, 2.75) is 19.4 Å². The molecule has 1 heterocycles. The molecule has 1 amide bonds. The smallest absolute Gasteiger partial charge is 0.284 e. The Morgan fingerprint density at radius 3 is 2.77 bits per heavy atom. The van der Waals surface area contributed by atoms with Gasteiger partial charge in [0.1, 0.15) is 6.29 Å². The number of hydrogen-bond donors (Lipinski definition) is 1. The molecule has 5 heteroatoms. The van der Waals surface area contributed by atoms with Crippen LogP contribution in [0.15, 0.2) is 12.4 Å². The van der Waals surface area contributed by atoms with Gasteiger partial charge in [0.15, 0.2) is 5.82 Å². The summed E-state index contributed by atoms with van der Waals surface area (Å²) in [6.07, 6.45) is 3.72. The van der Waals surface area contributed by atoms with Gasteiger partial charge in [0, 0.05) is 12.4 Å². The fourth-order valence-electron chi connectivity index (χ4n) is 1.01. The van der Waals surface area contributed by atoms with Gasteiger partial charge in [-0.05, 0) is 13.8 Å². The summed E-state index contributed by atoms with van der Waals surface area (Å²) in [5.41, 5.74) is 4.28. The lowest BCUT2D eigenvalue weighted by atomic mass is 10.1. The molecule has 0 unspecified atom stereocenters. The minimum atomic E-state index is -0.791. The van der Waals surface area contributed by atoms with Gasteiger partial charge in [0.2, 0.25) is 0 Å². The molecular weight excluding hydrogens is 170 g/mol. The van der Waals surface area contributed by atoms with E-state index in [0.29, 0.717) is 0 Å². The first-order valence-electron chi connectivity index (χ1n) is 3.79. The molecule has 0 saturated carbocycles. The maximum absolute atomic E-state index is 10.9. The van der Waals surface area contributed by atoms with Gasteiger partial charge >= 0.3 is 0 Å². The summed E-state index contributed by atoms with van der Waals surface area (Å²) in [6, 6.07) is 0. The number of nitrogens with two attached hydrogens (primary N) is 1. The first-order chi connectivity index (χ1) is 5.99. The molecular formula is C8H11N3O2. The zero-order valence-corrected chi connectivity index (χ0v) is 7.52. The van der Waals surface area contributed by atoms with Crippen molar-refractivity contribution >= 4 is 12.2 Å². The molecule has 5 nitrogen and oxygen atoms in total. The standard InChI is InChI=1S/C8H11N3O2/c1-8(2,5-12)11-4-3-10-7(11)6(9)13/h3-5H,1-2H3,(H2,9,13). The Balaban J connectivity index is 3.22. The molecule has 1 aromatic rings. The maximum Gasteiger partial charge on any atom is 0.284 e. The van der Waals surface area contributed by atoms with E-state index in [-0.39, 0.29) is 5.82 Å². The number of carbonyl (C=O) groups excluding carboxylic acids is 2. The lowest BCUT2D eigenvalue weighted by Gasteiger charge is -2.20. The van der Waals surface area contributed by atoms with E-state index in [2.05, 4.69) is 4.98 Å². The normalized spacial score (nSPS) is 11.2. The fraction of sp³-hybridized carbons (Fsp3) is 0.375. The maximum atomic E-state index is 10.9. The number of hydrogen-bond acceptors (Lipinski definition) is 3. The number of nitrogens with zero attached hydrogens (tertiary/aromatic N) is 2. The van der Waals surface area contributed by atoms with Crippen molar-refractivity contribution in [2.24, 2.45) is 5.73 Å². The van der Waals surface area contributed by atoms with Crippen LogP contribution in [0.3, 0.4) is 0 Å². The van der Waals surface area contributed by atoms with E-state index in [9.17, 15) is 9.59 Å². The zero-order valence-electron chi connectivity index (χ0n) is 7.52. The molecule has 0 aromatic carbocycles. The molecule has 0 fully saturated rings. The van der Waals surface area contributed by atoms with Crippen molar-refractivity contribution in [1.29, 1.82) is 0 Å². The van der Waals surface area contributed by atoms with E-state index in [1.54, 1.807) is 20.0 Å². The predicted octanol–water partition coefficient (Wildman–Crippen LogP) is -0.0840. The Morgan fingerprint density at radius 2 is 2.31 bits per heavy atom. The second-order valence-electron chi connectivity index (χ2n) is 3.26. The minimum absolute atomic E-state index is 0.0945. The first-order valence-corrected chi connectivity index (χ1v) is 3.79. The molecule has 0 spiro atoms. The second kappa shape index (κ2) is 3.01. The van der Waals surface area contributed by atoms with Crippen LogP contribution in [0.4, 0.5) is 0 Å². The summed E-state index contributed by atoms with van der Waals surface area (Å²) in [5.74, 6) is -0.544. The Bertz CT molecular complexity index is 341. The van der Waals surface area contributed by atoms with E-state index in [4.69, 9.17) is 5.73 Å². The van der Waals surface area contributed by atoms with Crippen LogP contribution in [0.25, 0.3) is 0 Å². The monoisotopic (exact) mass is 181 g/mol. The summed E-state index contributed by atoms with van der Waals surface area (Å²) in [7, 11) is 0. The highest BCUT2D eigenvalue weighted by atomic mass is 16.1. The third kappa shape index (κ3) is 1.58. The number of imidazole rings is 1.